The highest BCUT2D eigenvalue weighted by molar-refractivity contribution is 5.95. The Morgan fingerprint density at radius 1 is 1.13 bits per heavy atom. The van der Waals surface area contributed by atoms with Crippen LogP contribution < -0.4 is 15.6 Å². The molecular formula is C16H22N2O5. The van der Waals surface area contributed by atoms with E-state index < -0.39 is 23.7 Å². The molecule has 1 unspecified atom stereocenters. The molecule has 7 nitrogen and oxygen atoms in total. The highest BCUT2D eigenvalue weighted by Crippen LogP contribution is 2.13. The first-order chi connectivity index (χ1) is 11.0. The van der Waals surface area contributed by atoms with E-state index in [1.807, 2.05) is 6.92 Å². The van der Waals surface area contributed by atoms with Crippen LogP contribution in [0.15, 0.2) is 24.3 Å². The summed E-state index contributed by atoms with van der Waals surface area (Å²) in [5.41, 5.74) is 4.95. The van der Waals surface area contributed by atoms with Gasteiger partial charge in [0.1, 0.15) is 5.75 Å². The lowest BCUT2D eigenvalue weighted by atomic mass is 9.98. The number of ether oxygens (including phenoxy) is 1. The van der Waals surface area contributed by atoms with Crippen molar-refractivity contribution in [1.29, 1.82) is 0 Å². The molecule has 0 aromatic heterocycles. The van der Waals surface area contributed by atoms with Gasteiger partial charge in [-0.3, -0.25) is 25.2 Å². The SMILES string of the molecule is CCCC(CCC(=O)NNC(=O)c1ccc(OC)cc1)C(=O)O. The fourth-order valence-electron chi connectivity index (χ4n) is 2.05. The molecule has 0 aliphatic rings. The number of methoxy groups -OCH3 is 1. The molecule has 0 aliphatic carbocycles. The normalized spacial score (nSPS) is 11.4. The van der Waals surface area contributed by atoms with Crippen molar-refractivity contribution >= 4 is 17.8 Å². The zero-order valence-corrected chi connectivity index (χ0v) is 13.3. The molecule has 0 spiro atoms. The fraction of sp³-hybridized carbons (Fsp3) is 0.438. The second-order valence-corrected chi connectivity index (χ2v) is 5.09. The van der Waals surface area contributed by atoms with Crippen LogP contribution in [0.1, 0.15) is 43.0 Å². The Labute approximate surface area is 135 Å². The molecule has 0 radical (unpaired) electrons. The van der Waals surface area contributed by atoms with Gasteiger partial charge in [0.25, 0.3) is 5.91 Å². The van der Waals surface area contributed by atoms with Crippen molar-refractivity contribution in [2.24, 2.45) is 5.92 Å². The van der Waals surface area contributed by atoms with Crippen LogP contribution in [-0.2, 0) is 9.59 Å². The molecule has 0 heterocycles. The number of amides is 2. The number of nitrogens with one attached hydrogen (secondary N) is 2. The minimum Gasteiger partial charge on any atom is -0.497 e. The predicted octanol–water partition coefficient (Wildman–Crippen LogP) is 1.74. The maximum absolute atomic E-state index is 11.8. The van der Waals surface area contributed by atoms with Crippen LogP contribution in [0.25, 0.3) is 0 Å². The average molecular weight is 322 g/mol. The van der Waals surface area contributed by atoms with Crippen molar-refractivity contribution in [2.75, 3.05) is 7.11 Å². The van der Waals surface area contributed by atoms with Gasteiger partial charge < -0.3 is 9.84 Å². The number of carbonyl (C=O) groups excluding carboxylic acids is 2. The van der Waals surface area contributed by atoms with Crippen molar-refractivity contribution in [3.8, 4) is 5.75 Å². The van der Waals surface area contributed by atoms with Crippen molar-refractivity contribution < 1.29 is 24.2 Å². The molecule has 0 saturated heterocycles. The Morgan fingerprint density at radius 2 is 1.78 bits per heavy atom. The lowest BCUT2D eigenvalue weighted by Gasteiger charge is -2.11. The zero-order valence-electron chi connectivity index (χ0n) is 13.3. The number of carbonyl (C=O) groups is 3. The summed E-state index contributed by atoms with van der Waals surface area (Å²) in [6.45, 7) is 1.89. The van der Waals surface area contributed by atoms with Gasteiger partial charge in [-0.05, 0) is 37.1 Å². The van der Waals surface area contributed by atoms with Gasteiger partial charge in [-0.25, -0.2) is 0 Å². The average Bonchev–Trinajstić information content (AvgIpc) is 2.56. The van der Waals surface area contributed by atoms with Gasteiger partial charge in [0.15, 0.2) is 0 Å². The maximum atomic E-state index is 11.8. The molecule has 23 heavy (non-hydrogen) atoms. The highest BCUT2D eigenvalue weighted by atomic mass is 16.5. The van der Waals surface area contributed by atoms with E-state index in [1.54, 1.807) is 24.3 Å². The van der Waals surface area contributed by atoms with E-state index in [-0.39, 0.29) is 12.8 Å². The second-order valence-electron chi connectivity index (χ2n) is 5.09. The summed E-state index contributed by atoms with van der Waals surface area (Å²) in [5, 5.41) is 9.02. The Kier molecular flexibility index (Phi) is 7.59. The monoisotopic (exact) mass is 322 g/mol. The number of carboxylic acids is 1. The number of rotatable bonds is 8. The Morgan fingerprint density at radius 3 is 2.30 bits per heavy atom. The van der Waals surface area contributed by atoms with Crippen LogP contribution in [0.2, 0.25) is 0 Å². The minimum atomic E-state index is -0.901. The topological polar surface area (TPSA) is 105 Å². The molecule has 1 aromatic rings. The largest absolute Gasteiger partial charge is 0.497 e. The van der Waals surface area contributed by atoms with Gasteiger partial charge in [-0.1, -0.05) is 13.3 Å². The van der Waals surface area contributed by atoms with E-state index >= 15 is 0 Å². The van der Waals surface area contributed by atoms with Gasteiger partial charge in [0.05, 0.1) is 13.0 Å². The Bertz CT molecular complexity index is 542. The Balaban J connectivity index is 2.39. The van der Waals surface area contributed by atoms with Gasteiger partial charge in [-0.15, -0.1) is 0 Å². The van der Waals surface area contributed by atoms with E-state index in [0.717, 1.165) is 6.42 Å². The van der Waals surface area contributed by atoms with E-state index in [2.05, 4.69) is 10.9 Å². The molecule has 0 bridgehead atoms. The van der Waals surface area contributed by atoms with Crippen molar-refractivity contribution in [1.82, 2.24) is 10.9 Å². The molecule has 0 fully saturated rings. The summed E-state index contributed by atoms with van der Waals surface area (Å²) < 4.78 is 4.99. The van der Waals surface area contributed by atoms with Crippen LogP contribution >= 0.6 is 0 Å². The number of hydrogen-bond donors (Lipinski definition) is 3. The van der Waals surface area contributed by atoms with E-state index in [1.165, 1.54) is 7.11 Å². The first-order valence-electron chi connectivity index (χ1n) is 7.44. The molecule has 1 atom stereocenters. The zero-order chi connectivity index (χ0) is 17.2. The summed E-state index contributed by atoms with van der Waals surface area (Å²) >= 11 is 0. The number of carboxylic acid groups (broad SMARTS) is 1. The predicted molar refractivity (Wildman–Crippen MR) is 83.9 cm³/mol. The van der Waals surface area contributed by atoms with E-state index in [0.29, 0.717) is 17.7 Å². The molecule has 1 rings (SSSR count). The van der Waals surface area contributed by atoms with Gasteiger partial charge in [0.2, 0.25) is 5.91 Å². The van der Waals surface area contributed by atoms with Gasteiger partial charge in [0, 0.05) is 12.0 Å². The molecule has 7 heteroatoms. The molecule has 0 aliphatic heterocycles. The smallest absolute Gasteiger partial charge is 0.306 e. The Hall–Kier alpha value is -2.57. The number of benzene rings is 1. The van der Waals surface area contributed by atoms with Crippen LogP contribution in [0, 0.1) is 5.92 Å². The quantitative estimate of drug-likeness (QED) is 0.632. The van der Waals surface area contributed by atoms with Crippen LogP contribution in [0.3, 0.4) is 0 Å². The molecule has 3 N–H and O–H groups in total. The molecular weight excluding hydrogens is 300 g/mol. The summed E-state index contributed by atoms with van der Waals surface area (Å²) in [6.07, 6.45) is 1.56. The van der Waals surface area contributed by atoms with Crippen LogP contribution in [0.4, 0.5) is 0 Å². The summed E-state index contributed by atoms with van der Waals surface area (Å²) in [6, 6.07) is 6.42. The summed E-state index contributed by atoms with van der Waals surface area (Å²) in [4.78, 5) is 34.5. The lowest BCUT2D eigenvalue weighted by molar-refractivity contribution is -0.142. The summed E-state index contributed by atoms with van der Waals surface area (Å²) in [7, 11) is 1.53. The maximum Gasteiger partial charge on any atom is 0.306 e. The van der Waals surface area contributed by atoms with E-state index in [9.17, 15) is 14.4 Å². The first-order valence-corrected chi connectivity index (χ1v) is 7.44. The van der Waals surface area contributed by atoms with Gasteiger partial charge >= 0.3 is 5.97 Å². The lowest BCUT2D eigenvalue weighted by Crippen LogP contribution is -2.41. The first kappa shape index (κ1) is 18.5. The van der Waals surface area contributed by atoms with E-state index in [4.69, 9.17) is 9.84 Å². The van der Waals surface area contributed by atoms with Crippen molar-refractivity contribution in [3.05, 3.63) is 29.8 Å². The summed E-state index contributed by atoms with van der Waals surface area (Å²) in [5.74, 6) is -1.69. The molecule has 126 valence electrons. The van der Waals surface area contributed by atoms with Gasteiger partial charge in [-0.2, -0.15) is 0 Å². The minimum absolute atomic E-state index is 0.0415. The molecule has 1 aromatic carbocycles. The number of hydrazine groups is 1. The standard InChI is InChI=1S/C16H22N2O5/c1-3-4-12(16(21)22)7-10-14(19)17-18-15(20)11-5-8-13(23-2)9-6-11/h5-6,8-9,12H,3-4,7,10H2,1-2H3,(H,17,19)(H,18,20)(H,21,22). The molecule has 2 amide bonds. The number of aliphatic carboxylic acids is 1. The highest BCUT2D eigenvalue weighted by Gasteiger charge is 2.17. The van der Waals surface area contributed by atoms with Crippen molar-refractivity contribution in [2.45, 2.75) is 32.6 Å². The van der Waals surface area contributed by atoms with Crippen LogP contribution in [0.5, 0.6) is 5.75 Å². The third kappa shape index (κ3) is 6.37. The second kappa shape index (κ2) is 9.45. The third-order valence-electron chi connectivity index (χ3n) is 3.37. The molecule has 0 saturated carbocycles. The fourth-order valence-corrected chi connectivity index (χ4v) is 2.05. The van der Waals surface area contributed by atoms with Crippen LogP contribution in [-0.4, -0.2) is 30.0 Å². The number of hydrogen-bond acceptors (Lipinski definition) is 4. The van der Waals surface area contributed by atoms with Crippen molar-refractivity contribution in [3.63, 3.8) is 0 Å². The third-order valence-corrected chi connectivity index (χ3v) is 3.37.